The van der Waals surface area contributed by atoms with Crippen LogP contribution in [0.3, 0.4) is 0 Å². The Morgan fingerprint density at radius 1 is 0.900 bits per heavy atom. The highest BCUT2D eigenvalue weighted by Gasteiger charge is 2.23. The highest BCUT2D eigenvalue weighted by Crippen LogP contribution is 2.30. The first-order chi connectivity index (χ1) is 9.75. The van der Waals surface area contributed by atoms with E-state index in [-0.39, 0.29) is 6.04 Å². The SMILES string of the molecule is CC1=C(c2ccccc2)NC(=S)NC1c1ccccc1. The van der Waals surface area contributed by atoms with Crippen molar-refractivity contribution in [1.82, 2.24) is 10.6 Å². The van der Waals surface area contributed by atoms with Gasteiger partial charge in [-0.25, -0.2) is 0 Å². The molecule has 1 atom stereocenters. The molecule has 1 unspecified atom stereocenters. The van der Waals surface area contributed by atoms with Crippen LogP contribution in [0.25, 0.3) is 5.70 Å². The fourth-order valence-corrected chi connectivity index (χ4v) is 2.74. The van der Waals surface area contributed by atoms with Gasteiger partial charge in [0.15, 0.2) is 5.11 Å². The van der Waals surface area contributed by atoms with Gasteiger partial charge in [0.1, 0.15) is 0 Å². The lowest BCUT2D eigenvalue weighted by atomic mass is 9.94. The smallest absolute Gasteiger partial charge is 0.171 e. The number of rotatable bonds is 2. The van der Waals surface area contributed by atoms with E-state index in [2.05, 4.69) is 54.0 Å². The standard InChI is InChI=1S/C17H16N2S/c1-12-15(13-8-4-2-5-9-13)18-17(20)19-16(12)14-10-6-3-7-11-14/h2-11,15H,1H3,(H2,18,19,20). The Kier molecular flexibility index (Phi) is 3.52. The molecule has 0 radical (unpaired) electrons. The predicted molar refractivity (Wildman–Crippen MR) is 87.1 cm³/mol. The molecule has 0 saturated heterocycles. The van der Waals surface area contributed by atoms with E-state index < -0.39 is 0 Å². The zero-order chi connectivity index (χ0) is 13.9. The molecule has 0 aliphatic carbocycles. The van der Waals surface area contributed by atoms with Gasteiger partial charge in [0.05, 0.1) is 6.04 Å². The molecule has 1 aliphatic rings. The molecule has 0 saturated carbocycles. The van der Waals surface area contributed by atoms with Crippen LogP contribution in [0.1, 0.15) is 24.1 Å². The van der Waals surface area contributed by atoms with Crippen molar-refractivity contribution in [2.45, 2.75) is 13.0 Å². The minimum absolute atomic E-state index is 0.125. The molecule has 1 aliphatic heterocycles. The predicted octanol–water partition coefficient (Wildman–Crippen LogP) is 3.64. The fraction of sp³-hybridized carbons (Fsp3) is 0.118. The van der Waals surface area contributed by atoms with Crippen molar-refractivity contribution in [3.63, 3.8) is 0 Å². The van der Waals surface area contributed by atoms with E-state index in [9.17, 15) is 0 Å². The number of hydrogen-bond donors (Lipinski definition) is 2. The summed E-state index contributed by atoms with van der Waals surface area (Å²) in [7, 11) is 0. The highest BCUT2D eigenvalue weighted by molar-refractivity contribution is 7.80. The third kappa shape index (κ3) is 2.45. The van der Waals surface area contributed by atoms with E-state index in [1.54, 1.807) is 0 Å². The second-order valence-electron chi connectivity index (χ2n) is 4.87. The summed E-state index contributed by atoms with van der Waals surface area (Å²) in [6.07, 6.45) is 0. The van der Waals surface area contributed by atoms with Gasteiger partial charge in [-0.1, -0.05) is 60.7 Å². The van der Waals surface area contributed by atoms with E-state index >= 15 is 0 Å². The molecule has 0 aromatic heterocycles. The fourth-order valence-electron chi connectivity index (χ4n) is 2.52. The molecule has 0 amide bonds. The van der Waals surface area contributed by atoms with Gasteiger partial charge < -0.3 is 10.6 Å². The number of nitrogens with one attached hydrogen (secondary N) is 2. The molecule has 0 bridgehead atoms. The Labute approximate surface area is 124 Å². The summed E-state index contributed by atoms with van der Waals surface area (Å²) in [4.78, 5) is 0. The minimum atomic E-state index is 0.125. The quantitative estimate of drug-likeness (QED) is 0.821. The van der Waals surface area contributed by atoms with E-state index in [0.717, 1.165) is 11.3 Å². The first-order valence-electron chi connectivity index (χ1n) is 6.64. The maximum absolute atomic E-state index is 5.36. The summed E-state index contributed by atoms with van der Waals surface area (Å²) < 4.78 is 0. The maximum atomic E-state index is 5.36. The van der Waals surface area contributed by atoms with Crippen LogP contribution in [0.15, 0.2) is 66.2 Å². The average molecular weight is 280 g/mol. The van der Waals surface area contributed by atoms with Gasteiger partial charge in [0, 0.05) is 5.70 Å². The third-order valence-electron chi connectivity index (χ3n) is 3.54. The van der Waals surface area contributed by atoms with Crippen LogP contribution in [0, 0.1) is 0 Å². The van der Waals surface area contributed by atoms with Crippen LogP contribution in [0.2, 0.25) is 0 Å². The van der Waals surface area contributed by atoms with Crippen LogP contribution in [0.5, 0.6) is 0 Å². The minimum Gasteiger partial charge on any atom is -0.352 e. The summed E-state index contributed by atoms with van der Waals surface area (Å²) in [5, 5.41) is 7.30. The molecule has 2 N–H and O–H groups in total. The van der Waals surface area contributed by atoms with E-state index in [4.69, 9.17) is 12.2 Å². The molecule has 1 heterocycles. The first kappa shape index (κ1) is 12.9. The second kappa shape index (κ2) is 5.47. The maximum Gasteiger partial charge on any atom is 0.171 e. The largest absolute Gasteiger partial charge is 0.352 e. The van der Waals surface area contributed by atoms with E-state index in [1.807, 2.05) is 24.3 Å². The Balaban J connectivity index is 2.06. The molecular weight excluding hydrogens is 264 g/mol. The third-order valence-corrected chi connectivity index (χ3v) is 3.76. The zero-order valence-corrected chi connectivity index (χ0v) is 12.1. The van der Waals surface area contributed by atoms with Crippen molar-refractivity contribution < 1.29 is 0 Å². The van der Waals surface area contributed by atoms with Crippen molar-refractivity contribution in [2.75, 3.05) is 0 Å². The molecule has 2 nitrogen and oxygen atoms in total. The molecule has 0 fully saturated rings. The topological polar surface area (TPSA) is 24.1 Å². The van der Waals surface area contributed by atoms with Crippen LogP contribution in [0.4, 0.5) is 0 Å². The lowest BCUT2D eigenvalue weighted by molar-refractivity contribution is 0.719. The molecule has 2 aromatic carbocycles. The Morgan fingerprint density at radius 2 is 1.50 bits per heavy atom. The van der Waals surface area contributed by atoms with Crippen molar-refractivity contribution in [1.29, 1.82) is 0 Å². The summed E-state index contributed by atoms with van der Waals surface area (Å²) in [6.45, 7) is 2.14. The number of hydrogen-bond acceptors (Lipinski definition) is 1. The Bertz CT molecular complexity index is 647. The monoisotopic (exact) mass is 280 g/mol. The lowest BCUT2D eigenvalue weighted by Crippen LogP contribution is -2.42. The highest BCUT2D eigenvalue weighted by atomic mass is 32.1. The van der Waals surface area contributed by atoms with Gasteiger partial charge >= 0.3 is 0 Å². The molecule has 100 valence electrons. The molecule has 2 aromatic rings. The molecule has 20 heavy (non-hydrogen) atoms. The van der Waals surface area contributed by atoms with Crippen LogP contribution in [-0.2, 0) is 0 Å². The van der Waals surface area contributed by atoms with Gasteiger partial charge in [0.25, 0.3) is 0 Å². The van der Waals surface area contributed by atoms with Crippen molar-refractivity contribution >= 4 is 23.0 Å². The molecule has 3 rings (SSSR count). The van der Waals surface area contributed by atoms with E-state index in [0.29, 0.717) is 5.11 Å². The van der Waals surface area contributed by atoms with E-state index in [1.165, 1.54) is 11.1 Å². The van der Waals surface area contributed by atoms with Crippen LogP contribution in [-0.4, -0.2) is 5.11 Å². The van der Waals surface area contributed by atoms with Crippen LogP contribution >= 0.6 is 12.2 Å². The first-order valence-corrected chi connectivity index (χ1v) is 7.05. The zero-order valence-electron chi connectivity index (χ0n) is 11.3. The second-order valence-corrected chi connectivity index (χ2v) is 5.27. The van der Waals surface area contributed by atoms with Gasteiger partial charge in [-0.3, -0.25) is 0 Å². The van der Waals surface area contributed by atoms with Gasteiger partial charge in [-0.15, -0.1) is 0 Å². The summed E-state index contributed by atoms with van der Waals surface area (Å²) in [6, 6.07) is 20.8. The van der Waals surface area contributed by atoms with Gasteiger partial charge in [-0.2, -0.15) is 0 Å². The Hall–Kier alpha value is -2.13. The normalized spacial score (nSPS) is 18.4. The van der Waals surface area contributed by atoms with Crippen molar-refractivity contribution in [3.8, 4) is 0 Å². The summed E-state index contributed by atoms with van der Waals surface area (Å²) in [5.74, 6) is 0. The Morgan fingerprint density at radius 3 is 2.15 bits per heavy atom. The lowest BCUT2D eigenvalue weighted by Gasteiger charge is -2.30. The summed E-state index contributed by atoms with van der Waals surface area (Å²) in [5.41, 5.74) is 4.73. The molecular formula is C17H16N2S. The van der Waals surface area contributed by atoms with Crippen LogP contribution < -0.4 is 10.6 Å². The van der Waals surface area contributed by atoms with Crippen molar-refractivity contribution in [2.24, 2.45) is 0 Å². The number of benzene rings is 2. The van der Waals surface area contributed by atoms with Crippen molar-refractivity contribution in [3.05, 3.63) is 77.4 Å². The average Bonchev–Trinajstić information content (AvgIpc) is 2.51. The number of thiocarbonyl (C=S) groups is 1. The van der Waals surface area contributed by atoms with Gasteiger partial charge in [-0.05, 0) is 35.8 Å². The summed E-state index contributed by atoms with van der Waals surface area (Å²) >= 11 is 5.36. The molecule has 0 spiro atoms. The molecule has 3 heteroatoms. The van der Waals surface area contributed by atoms with Gasteiger partial charge in [0.2, 0.25) is 0 Å².